The summed E-state index contributed by atoms with van der Waals surface area (Å²) in [4.78, 5) is 8.81. The molecule has 0 amide bonds. The van der Waals surface area contributed by atoms with E-state index in [1.54, 1.807) is 7.11 Å². The summed E-state index contributed by atoms with van der Waals surface area (Å²) in [6.07, 6.45) is 19.8. The lowest BCUT2D eigenvalue weighted by atomic mass is 9.97. The first-order valence-electron chi connectivity index (χ1n) is 15.6. The number of benzene rings is 2. The van der Waals surface area contributed by atoms with Gasteiger partial charge in [0.2, 0.25) is 0 Å². The van der Waals surface area contributed by atoms with E-state index in [2.05, 4.69) is 78.5 Å². The molecule has 0 fully saturated rings. The number of unbranched alkanes of at least 4 members (excludes halogenated alkanes) is 3. The fourth-order valence-corrected chi connectivity index (χ4v) is 4.51. The summed E-state index contributed by atoms with van der Waals surface area (Å²) in [5, 5.41) is 3.19. The van der Waals surface area contributed by atoms with Crippen LogP contribution in [-0.2, 0) is 27.1 Å². The number of aldehydes is 1. The quantitative estimate of drug-likeness (QED) is 0.0541. The molecule has 0 aliphatic carbocycles. The fraction of sp³-hybridized carbons (Fsp3) is 0.410. The number of carbonyl (C=O) groups is 1. The van der Waals surface area contributed by atoms with E-state index in [-0.39, 0.29) is 0 Å². The van der Waals surface area contributed by atoms with Gasteiger partial charge < -0.3 is 24.3 Å². The maximum absolute atomic E-state index is 8.81. The van der Waals surface area contributed by atoms with Crippen LogP contribution in [0, 0.1) is 12.3 Å². The maximum atomic E-state index is 8.81. The number of rotatable bonds is 20. The van der Waals surface area contributed by atoms with Gasteiger partial charge in [-0.3, -0.25) is 0 Å². The van der Waals surface area contributed by atoms with Crippen molar-refractivity contribution >= 4 is 12.0 Å². The molecule has 5 heteroatoms. The molecule has 0 saturated carbocycles. The van der Waals surface area contributed by atoms with Crippen LogP contribution in [0.25, 0.3) is 0 Å². The van der Waals surface area contributed by atoms with Crippen molar-refractivity contribution in [3.63, 3.8) is 0 Å². The lowest BCUT2D eigenvalue weighted by Crippen LogP contribution is -2.02. The Balaban J connectivity index is 0.00000309. The Bertz CT molecular complexity index is 1230. The van der Waals surface area contributed by atoms with Gasteiger partial charge in [-0.2, -0.15) is 0 Å². The van der Waals surface area contributed by atoms with E-state index in [1.165, 1.54) is 30.9 Å². The van der Waals surface area contributed by atoms with Crippen LogP contribution in [0.4, 0.5) is 5.69 Å². The highest BCUT2D eigenvalue weighted by Crippen LogP contribution is 2.24. The number of terminal acetylenes is 1. The highest BCUT2D eigenvalue weighted by Gasteiger charge is 2.08. The predicted octanol–water partition coefficient (Wildman–Crippen LogP) is 9.07. The van der Waals surface area contributed by atoms with E-state index in [9.17, 15) is 0 Å². The standard InChI is InChI=1S/C37H49NO3.C2H4O/c1-7-25-38-35-23-21-32(22-24-35)16-10-9-11-26-40-27-12-13-28-41-36-20-15-18-33(29-36)17-14-19-34(8-2)37(30(3)4)31(5)39-6;1-2-3/h1,8,14-15,18-24,29,38H,3,9-13,16-17,25-28H2,2,4-6H3;2H,1H3/b19-14-,34-8+,37-31+;. The molecule has 44 heavy (non-hydrogen) atoms. The second kappa shape index (κ2) is 24.4. The summed E-state index contributed by atoms with van der Waals surface area (Å²) >= 11 is 0. The second-order valence-corrected chi connectivity index (χ2v) is 10.4. The summed E-state index contributed by atoms with van der Waals surface area (Å²) in [5.74, 6) is 4.38. The number of aryl methyl sites for hydroxylation is 1. The van der Waals surface area contributed by atoms with Crippen molar-refractivity contribution in [1.82, 2.24) is 0 Å². The molecule has 0 aliphatic heterocycles. The van der Waals surface area contributed by atoms with Crippen LogP contribution in [-0.4, -0.2) is 39.8 Å². The summed E-state index contributed by atoms with van der Waals surface area (Å²) in [5.41, 5.74) is 6.82. The normalized spacial score (nSPS) is 11.6. The zero-order valence-corrected chi connectivity index (χ0v) is 27.6. The summed E-state index contributed by atoms with van der Waals surface area (Å²) in [7, 11) is 1.70. The minimum absolute atomic E-state index is 0.558. The monoisotopic (exact) mass is 599 g/mol. The number of hydrogen-bond donors (Lipinski definition) is 1. The van der Waals surface area contributed by atoms with Gasteiger partial charge in [0, 0.05) is 24.5 Å². The van der Waals surface area contributed by atoms with Gasteiger partial charge in [-0.15, -0.1) is 6.42 Å². The zero-order chi connectivity index (χ0) is 32.4. The molecular formula is C39H53NO4. The maximum Gasteiger partial charge on any atom is 0.119 e. The lowest BCUT2D eigenvalue weighted by molar-refractivity contribution is -0.106. The van der Waals surface area contributed by atoms with Gasteiger partial charge in [0.05, 0.1) is 20.3 Å². The molecular weight excluding hydrogens is 546 g/mol. The molecule has 0 radical (unpaired) electrons. The van der Waals surface area contributed by atoms with E-state index >= 15 is 0 Å². The number of allylic oxidation sites excluding steroid dienone is 7. The van der Waals surface area contributed by atoms with Crippen LogP contribution in [0.5, 0.6) is 5.75 Å². The van der Waals surface area contributed by atoms with Crippen LogP contribution in [0.3, 0.4) is 0 Å². The van der Waals surface area contributed by atoms with Gasteiger partial charge in [0.15, 0.2) is 0 Å². The molecule has 1 N–H and O–H groups in total. The van der Waals surface area contributed by atoms with E-state index in [0.717, 1.165) is 85.5 Å². The van der Waals surface area contributed by atoms with Crippen molar-refractivity contribution in [3.8, 4) is 18.1 Å². The summed E-state index contributed by atoms with van der Waals surface area (Å²) < 4.78 is 17.3. The van der Waals surface area contributed by atoms with Crippen LogP contribution in [0.1, 0.15) is 70.9 Å². The molecule has 0 bridgehead atoms. The SMILES string of the molecule is C#CCNc1ccc(CCCCCOCCCCOc2cccc(C\C=C/C(=C\C)C(/C(=C)C)=C(\C)OC)c2)cc1.CC=O. The van der Waals surface area contributed by atoms with Crippen LogP contribution in [0.15, 0.2) is 95.8 Å². The molecule has 0 saturated heterocycles. The first kappa shape index (κ1) is 38.0. The Labute approximate surface area is 267 Å². The topological polar surface area (TPSA) is 56.8 Å². The summed E-state index contributed by atoms with van der Waals surface area (Å²) in [6.45, 7) is 14.5. The molecule has 0 spiro atoms. The largest absolute Gasteiger partial charge is 0.501 e. The van der Waals surface area contributed by atoms with Crippen molar-refractivity contribution in [2.24, 2.45) is 0 Å². The van der Waals surface area contributed by atoms with E-state index < -0.39 is 0 Å². The minimum atomic E-state index is 0.558. The van der Waals surface area contributed by atoms with Gasteiger partial charge in [0.25, 0.3) is 0 Å². The molecule has 0 atom stereocenters. The minimum Gasteiger partial charge on any atom is -0.501 e. The van der Waals surface area contributed by atoms with Crippen molar-refractivity contribution in [2.75, 3.05) is 38.8 Å². The van der Waals surface area contributed by atoms with Crippen LogP contribution < -0.4 is 10.1 Å². The summed E-state index contributed by atoms with van der Waals surface area (Å²) in [6, 6.07) is 16.9. The van der Waals surface area contributed by atoms with Gasteiger partial charge >= 0.3 is 0 Å². The molecule has 0 aliphatic rings. The second-order valence-electron chi connectivity index (χ2n) is 10.4. The number of carbonyl (C=O) groups excluding carboxylic acids is 1. The first-order chi connectivity index (χ1) is 21.4. The molecule has 2 aromatic rings. The molecule has 2 aromatic carbocycles. The number of ether oxygens (including phenoxy) is 3. The third kappa shape index (κ3) is 16.6. The number of anilines is 1. The highest BCUT2D eigenvalue weighted by atomic mass is 16.5. The molecule has 5 nitrogen and oxygen atoms in total. The van der Waals surface area contributed by atoms with Crippen molar-refractivity contribution in [2.45, 2.75) is 72.6 Å². The van der Waals surface area contributed by atoms with Gasteiger partial charge in [-0.05, 0) is 113 Å². The molecule has 0 unspecified atom stereocenters. The molecule has 238 valence electrons. The average Bonchev–Trinajstić information content (AvgIpc) is 3.02. The van der Waals surface area contributed by atoms with Crippen molar-refractivity contribution < 1.29 is 19.0 Å². The predicted molar refractivity (Wildman–Crippen MR) is 186 cm³/mol. The van der Waals surface area contributed by atoms with Crippen molar-refractivity contribution in [3.05, 3.63) is 107 Å². The Morgan fingerprint density at radius 2 is 1.64 bits per heavy atom. The third-order valence-corrected chi connectivity index (χ3v) is 6.79. The molecule has 0 aromatic heterocycles. The van der Waals surface area contributed by atoms with Gasteiger partial charge in [-0.25, -0.2) is 0 Å². The van der Waals surface area contributed by atoms with Crippen molar-refractivity contribution in [1.29, 1.82) is 0 Å². The average molecular weight is 600 g/mol. The van der Waals surface area contributed by atoms with E-state index in [1.807, 2.05) is 26.8 Å². The third-order valence-electron chi connectivity index (χ3n) is 6.79. The fourth-order valence-electron chi connectivity index (χ4n) is 4.51. The number of hydrogen-bond acceptors (Lipinski definition) is 5. The molecule has 0 heterocycles. The number of methoxy groups -OCH3 is 1. The van der Waals surface area contributed by atoms with Gasteiger partial charge in [0.1, 0.15) is 17.8 Å². The Kier molecular flexibility index (Phi) is 21.1. The van der Waals surface area contributed by atoms with Gasteiger partial charge in [-0.1, -0.05) is 61.4 Å². The Hall–Kier alpha value is -4.01. The first-order valence-corrected chi connectivity index (χ1v) is 15.6. The molecule has 2 rings (SSSR count). The van der Waals surface area contributed by atoms with Crippen LogP contribution in [0.2, 0.25) is 0 Å². The lowest BCUT2D eigenvalue weighted by Gasteiger charge is -2.12. The van der Waals surface area contributed by atoms with E-state index in [4.69, 9.17) is 25.4 Å². The zero-order valence-electron chi connectivity index (χ0n) is 27.6. The Morgan fingerprint density at radius 1 is 0.955 bits per heavy atom. The Morgan fingerprint density at radius 3 is 2.27 bits per heavy atom. The van der Waals surface area contributed by atoms with Crippen LogP contribution >= 0.6 is 0 Å². The van der Waals surface area contributed by atoms with E-state index in [0.29, 0.717) is 13.2 Å². The smallest absolute Gasteiger partial charge is 0.119 e. The highest BCUT2D eigenvalue weighted by molar-refractivity contribution is 5.51. The number of nitrogens with one attached hydrogen (secondary N) is 1.